The quantitative estimate of drug-likeness (QED) is 0.221. The molecule has 0 aromatic heterocycles. The summed E-state index contributed by atoms with van der Waals surface area (Å²) in [7, 11) is 2.00. The van der Waals surface area contributed by atoms with Crippen LogP contribution in [0.5, 0.6) is 0 Å². The molecule has 1 aromatic carbocycles. The number of hydrogen-bond acceptors (Lipinski definition) is 4. The molecule has 1 rings (SSSR count). The molecule has 0 bridgehead atoms. The summed E-state index contributed by atoms with van der Waals surface area (Å²) in [6.45, 7) is 14.8. The Morgan fingerprint density at radius 3 is 2.68 bits per heavy atom. The summed E-state index contributed by atoms with van der Waals surface area (Å²) >= 11 is 0. The van der Waals surface area contributed by atoms with Crippen molar-refractivity contribution in [2.45, 2.75) is 46.1 Å². The molecule has 1 unspecified atom stereocenters. The number of halogens is 1. The first kappa shape index (κ1) is 26.2. The van der Waals surface area contributed by atoms with Gasteiger partial charge in [0.25, 0.3) is 0 Å². The van der Waals surface area contributed by atoms with Crippen molar-refractivity contribution in [1.82, 2.24) is 10.2 Å². The van der Waals surface area contributed by atoms with Crippen molar-refractivity contribution in [3.8, 4) is 0 Å². The number of nitrogens with one attached hydrogen (secondary N) is 1. The lowest BCUT2D eigenvalue weighted by Crippen LogP contribution is -2.19. The Hall–Kier alpha value is -2.79. The van der Waals surface area contributed by atoms with Crippen molar-refractivity contribution >= 4 is 12.4 Å². The summed E-state index contributed by atoms with van der Waals surface area (Å²) in [5.74, 6) is -0.173. The molecule has 0 saturated heterocycles. The largest absolute Gasteiger partial charge is 0.373 e. The molecule has 0 radical (unpaired) electrons. The van der Waals surface area contributed by atoms with Gasteiger partial charge >= 0.3 is 0 Å². The molecule has 0 spiro atoms. The Morgan fingerprint density at radius 2 is 2.06 bits per heavy atom. The summed E-state index contributed by atoms with van der Waals surface area (Å²) in [5, 5.41) is 3.32. The molecule has 168 valence electrons. The molecule has 5 heteroatoms. The van der Waals surface area contributed by atoms with Crippen molar-refractivity contribution < 1.29 is 4.39 Å². The van der Waals surface area contributed by atoms with Gasteiger partial charge in [-0.1, -0.05) is 51.1 Å². The third kappa shape index (κ3) is 9.26. The average molecular weight is 425 g/mol. The van der Waals surface area contributed by atoms with Crippen LogP contribution < -0.4 is 5.32 Å². The summed E-state index contributed by atoms with van der Waals surface area (Å²) in [6.07, 6.45) is 14.2. The highest BCUT2D eigenvalue weighted by Crippen LogP contribution is 2.25. The van der Waals surface area contributed by atoms with Gasteiger partial charge in [-0.3, -0.25) is 15.3 Å². The van der Waals surface area contributed by atoms with Crippen LogP contribution in [0, 0.1) is 12.7 Å². The number of allylic oxidation sites excluding steroid dienone is 5. The molecule has 1 N–H and O–H groups in total. The minimum absolute atomic E-state index is 0.0674. The number of rotatable bonds is 14. The fraction of sp³-hybridized carbons (Fsp3) is 0.385. The Kier molecular flexibility index (Phi) is 12.8. The van der Waals surface area contributed by atoms with Crippen LogP contribution in [-0.2, 0) is 0 Å². The predicted molar refractivity (Wildman–Crippen MR) is 133 cm³/mol. The smallest absolute Gasteiger partial charge is 0.126 e. The van der Waals surface area contributed by atoms with Crippen LogP contribution in [0.25, 0.3) is 0 Å². The Labute approximate surface area is 187 Å². The lowest BCUT2D eigenvalue weighted by atomic mass is 10.0. The van der Waals surface area contributed by atoms with Gasteiger partial charge in [0.15, 0.2) is 0 Å². The van der Waals surface area contributed by atoms with E-state index in [1.807, 2.05) is 43.6 Å². The number of nitrogens with zero attached hydrogens (tertiary/aromatic N) is 3. The minimum atomic E-state index is -0.173. The van der Waals surface area contributed by atoms with Gasteiger partial charge in [-0.25, -0.2) is 4.39 Å². The molecule has 1 atom stereocenters. The van der Waals surface area contributed by atoms with Crippen molar-refractivity contribution in [3.05, 3.63) is 84.0 Å². The highest BCUT2D eigenvalue weighted by Gasteiger charge is 2.14. The first-order chi connectivity index (χ1) is 15.0. The van der Waals surface area contributed by atoms with E-state index < -0.39 is 0 Å². The van der Waals surface area contributed by atoms with Crippen LogP contribution >= 0.6 is 0 Å². The first-order valence-corrected chi connectivity index (χ1v) is 10.8. The van der Waals surface area contributed by atoms with Crippen molar-refractivity contribution in [2.24, 2.45) is 9.98 Å². The molecule has 0 amide bonds. The summed E-state index contributed by atoms with van der Waals surface area (Å²) in [5.41, 5.74) is 3.31. The minimum Gasteiger partial charge on any atom is -0.373 e. The summed E-state index contributed by atoms with van der Waals surface area (Å²) in [6, 6.07) is 5.52. The van der Waals surface area contributed by atoms with E-state index in [1.165, 1.54) is 0 Å². The van der Waals surface area contributed by atoms with Crippen LogP contribution in [-0.4, -0.2) is 37.6 Å². The normalized spacial score (nSPS) is 13.7. The fourth-order valence-electron chi connectivity index (χ4n) is 3.12. The molecule has 0 aliphatic carbocycles. The fourth-order valence-corrected chi connectivity index (χ4v) is 3.12. The maximum atomic E-state index is 14.1. The molecule has 1 aromatic rings. The van der Waals surface area contributed by atoms with Gasteiger partial charge < -0.3 is 4.90 Å². The number of unbranched alkanes of at least 4 members (excludes halogenated alkanes) is 1. The standard InChI is InChI=1S/C26H37FN4/c1-7-10-16-29-20-30-25(14-17-28-5)22(11-8-2)15-18-31(6)26(9-3)23-13-12-21(4)24(27)19-23/h8,11-15,17-19,26,29H,2,5,7,9-10,16,20H2,1,3-4,6H3/b17-14-,18-15-,22-11+,30-25+. The van der Waals surface area contributed by atoms with Gasteiger partial charge in [0, 0.05) is 18.8 Å². The topological polar surface area (TPSA) is 40.0 Å². The van der Waals surface area contributed by atoms with E-state index in [0.29, 0.717) is 12.2 Å². The number of aryl methyl sites for hydroxylation is 1. The Morgan fingerprint density at radius 1 is 1.29 bits per heavy atom. The highest BCUT2D eigenvalue weighted by atomic mass is 19.1. The second-order valence-corrected chi connectivity index (χ2v) is 7.32. The SMILES string of the molecule is C=C/C=C(\C=C/N(C)C(CC)c1ccc(C)c(F)c1)C(/C=C\N=C)=N/CNCCCC. The zero-order chi connectivity index (χ0) is 23.1. The lowest BCUT2D eigenvalue weighted by Gasteiger charge is -2.26. The van der Waals surface area contributed by atoms with Crippen molar-refractivity contribution in [3.63, 3.8) is 0 Å². The Bertz CT molecular complexity index is 821. The molecule has 31 heavy (non-hydrogen) atoms. The summed E-state index contributed by atoms with van der Waals surface area (Å²) < 4.78 is 14.1. The highest BCUT2D eigenvalue weighted by molar-refractivity contribution is 6.10. The van der Waals surface area contributed by atoms with E-state index in [1.54, 1.807) is 25.3 Å². The molecule has 0 heterocycles. The number of aliphatic imine (C=N–C) groups is 2. The van der Waals surface area contributed by atoms with E-state index in [9.17, 15) is 4.39 Å². The molecule has 0 aliphatic rings. The molecule has 0 saturated carbocycles. The molecule has 0 aliphatic heterocycles. The van der Waals surface area contributed by atoms with E-state index in [2.05, 4.69) is 47.3 Å². The zero-order valence-corrected chi connectivity index (χ0v) is 19.4. The van der Waals surface area contributed by atoms with Gasteiger partial charge in [-0.05, 0) is 68.6 Å². The van der Waals surface area contributed by atoms with Gasteiger partial charge in [0.1, 0.15) is 5.82 Å². The predicted octanol–water partition coefficient (Wildman–Crippen LogP) is 6.15. The van der Waals surface area contributed by atoms with Crippen molar-refractivity contribution in [1.29, 1.82) is 0 Å². The molecular formula is C26H37FN4. The van der Waals surface area contributed by atoms with E-state index in [4.69, 9.17) is 0 Å². The van der Waals surface area contributed by atoms with Gasteiger partial charge in [-0.15, -0.1) is 0 Å². The average Bonchev–Trinajstić information content (AvgIpc) is 2.76. The van der Waals surface area contributed by atoms with E-state index >= 15 is 0 Å². The van der Waals surface area contributed by atoms with Gasteiger partial charge in [-0.2, -0.15) is 0 Å². The second kappa shape index (κ2) is 15.1. The van der Waals surface area contributed by atoms with Crippen LogP contribution in [0.4, 0.5) is 4.39 Å². The Balaban J connectivity index is 3.07. The zero-order valence-electron chi connectivity index (χ0n) is 19.4. The third-order valence-electron chi connectivity index (χ3n) is 4.95. The number of benzene rings is 1. The maximum absolute atomic E-state index is 14.1. The first-order valence-electron chi connectivity index (χ1n) is 10.8. The summed E-state index contributed by atoms with van der Waals surface area (Å²) in [4.78, 5) is 10.6. The molecule has 4 nitrogen and oxygen atoms in total. The second-order valence-electron chi connectivity index (χ2n) is 7.32. The third-order valence-corrected chi connectivity index (χ3v) is 4.95. The van der Waals surface area contributed by atoms with Gasteiger partial charge in [0.2, 0.25) is 0 Å². The van der Waals surface area contributed by atoms with E-state index in [-0.39, 0.29) is 11.9 Å². The van der Waals surface area contributed by atoms with Crippen LogP contribution in [0.3, 0.4) is 0 Å². The van der Waals surface area contributed by atoms with Crippen LogP contribution in [0.1, 0.15) is 50.3 Å². The van der Waals surface area contributed by atoms with Gasteiger partial charge in [0.05, 0.1) is 18.4 Å². The van der Waals surface area contributed by atoms with Crippen LogP contribution in [0.15, 0.2) is 77.0 Å². The molecule has 0 fully saturated rings. The number of hydrogen-bond donors (Lipinski definition) is 1. The monoisotopic (exact) mass is 424 g/mol. The molecular weight excluding hydrogens is 387 g/mol. The van der Waals surface area contributed by atoms with E-state index in [0.717, 1.165) is 42.7 Å². The lowest BCUT2D eigenvalue weighted by molar-refractivity contribution is 0.327. The maximum Gasteiger partial charge on any atom is 0.126 e. The van der Waals surface area contributed by atoms with Crippen LogP contribution in [0.2, 0.25) is 0 Å². The van der Waals surface area contributed by atoms with Crippen molar-refractivity contribution in [2.75, 3.05) is 20.3 Å².